The maximum Gasteiger partial charge on any atom is 0.180 e. The highest BCUT2D eigenvalue weighted by Crippen LogP contribution is 2.34. The van der Waals surface area contributed by atoms with E-state index in [0.717, 1.165) is 5.56 Å². The molecule has 0 aromatic heterocycles. The smallest absolute Gasteiger partial charge is 0.180 e. The van der Waals surface area contributed by atoms with Gasteiger partial charge in [-0.15, -0.1) is 11.6 Å². The summed E-state index contributed by atoms with van der Waals surface area (Å²) in [5, 5.41) is 0.359. The highest BCUT2D eigenvalue weighted by Gasteiger charge is 2.35. The van der Waals surface area contributed by atoms with Gasteiger partial charge >= 0.3 is 0 Å². The lowest BCUT2D eigenvalue weighted by molar-refractivity contribution is 0.586. The Kier molecular flexibility index (Phi) is 4.89. The lowest BCUT2D eigenvalue weighted by Gasteiger charge is -2.25. The molecule has 0 bridgehead atoms. The van der Waals surface area contributed by atoms with Crippen LogP contribution in [-0.2, 0) is 14.7 Å². The average molecular weight is 374 g/mol. The number of benzene rings is 2. The highest BCUT2D eigenvalue weighted by molar-refractivity contribution is 9.09. The monoisotopic (exact) mass is 372 g/mol. The predicted molar refractivity (Wildman–Crippen MR) is 86.3 cm³/mol. The number of rotatable bonds is 5. The molecule has 2 aromatic carbocycles. The van der Waals surface area contributed by atoms with E-state index < -0.39 is 14.7 Å². The fraction of sp³-hybridized carbons (Fsp3) is 0.200. The molecule has 0 amide bonds. The maximum atomic E-state index is 12.5. The quantitative estimate of drug-likeness (QED) is 0.743. The largest absolute Gasteiger partial charge is 0.224 e. The third-order valence-electron chi connectivity index (χ3n) is 3.02. The van der Waals surface area contributed by atoms with Crippen LogP contribution in [0, 0.1) is 0 Å². The Bertz CT molecular complexity index is 659. The molecule has 5 heteroatoms. The lowest BCUT2D eigenvalue weighted by Crippen LogP contribution is -2.30. The van der Waals surface area contributed by atoms with E-state index in [1.165, 1.54) is 0 Å². The summed E-state index contributed by atoms with van der Waals surface area (Å²) in [5.41, 5.74) is 0.790. The molecule has 1 atom stereocenters. The van der Waals surface area contributed by atoms with E-state index >= 15 is 0 Å². The van der Waals surface area contributed by atoms with Crippen molar-refractivity contribution in [3.05, 3.63) is 66.2 Å². The molecule has 2 aromatic rings. The zero-order valence-corrected chi connectivity index (χ0v) is 13.8. The molecule has 106 valence electrons. The summed E-state index contributed by atoms with van der Waals surface area (Å²) >= 11 is 9.90. The van der Waals surface area contributed by atoms with Gasteiger partial charge in [0.1, 0.15) is 0 Å². The van der Waals surface area contributed by atoms with Gasteiger partial charge in [-0.25, -0.2) is 8.42 Å². The van der Waals surface area contributed by atoms with Crippen molar-refractivity contribution in [2.75, 3.05) is 11.1 Å². The zero-order valence-electron chi connectivity index (χ0n) is 10.7. The van der Waals surface area contributed by atoms with Crippen molar-refractivity contribution in [2.24, 2.45) is 0 Å². The third kappa shape index (κ3) is 3.43. The Morgan fingerprint density at radius 3 is 1.95 bits per heavy atom. The minimum atomic E-state index is -3.44. The molecule has 1 unspecified atom stereocenters. The van der Waals surface area contributed by atoms with Crippen molar-refractivity contribution in [1.82, 2.24) is 0 Å². The van der Waals surface area contributed by atoms with Crippen LogP contribution in [0.4, 0.5) is 0 Å². The maximum absolute atomic E-state index is 12.5. The third-order valence-corrected chi connectivity index (χ3v) is 6.81. The second-order valence-corrected chi connectivity index (χ2v) is 7.81. The van der Waals surface area contributed by atoms with Crippen LogP contribution in [0.5, 0.6) is 0 Å². The summed E-state index contributed by atoms with van der Waals surface area (Å²) in [7, 11) is -3.44. The molecular weight excluding hydrogens is 360 g/mol. The van der Waals surface area contributed by atoms with Crippen LogP contribution < -0.4 is 0 Å². The molecule has 0 spiro atoms. The second kappa shape index (κ2) is 6.29. The van der Waals surface area contributed by atoms with Gasteiger partial charge in [-0.1, -0.05) is 64.5 Å². The van der Waals surface area contributed by atoms with Crippen LogP contribution in [0.3, 0.4) is 0 Å². The minimum Gasteiger partial charge on any atom is -0.224 e. The molecule has 0 saturated heterocycles. The van der Waals surface area contributed by atoms with Gasteiger partial charge in [-0.05, 0) is 17.7 Å². The molecule has 20 heavy (non-hydrogen) atoms. The number of hydrogen-bond acceptors (Lipinski definition) is 2. The average Bonchev–Trinajstić information content (AvgIpc) is 2.48. The van der Waals surface area contributed by atoms with Crippen molar-refractivity contribution < 1.29 is 8.42 Å². The van der Waals surface area contributed by atoms with Gasteiger partial charge in [0.05, 0.1) is 15.5 Å². The first-order valence-electron chi connectivity index (χ1n) is 6.06. The number of hydrogen-bond donors (Lipinski definition) is 0. The Morgan fingerprint density at radius 2 is 1.45 bits per heavy atom. The Labute approximate surface area is 132 Å². The van der Waals surface area contributed by atoms with E-state index in [9.17, 15) is 8.42 Å². The molecule has 0 aliphatic heterocycles. The van der Waals surface area contributed by atoms with Gasteiger partial charge in [-0.2, -0.15) is 0 Å². The Balaban J connectivity index is 2.36. The van der Waals surface area contributed by atoms with E-state index in [4.69, 9.17) is 11.6 Å². The van der Waals surface area contributed by atoms with Crippen LogP contribution in [0.1, 0.15) is 5.56 Å². The second-order valence-electron chi connectivity index (χ2n) is 4.54. The fourth-order valence-electron chi connectivity index (χ4n) is 1.95. The molecule has 2 nitrogen and oxygen atoms in total. The molecule has 0 saturated carbocycles. The van der Waals surface area contributed by atoms with E-state index in [0.29, 0.717) is 10.2 Å². The van der Waals surface area contributed by atoms with Gasteiger partial charge in [0.25, 0.3) is 0 Å². The van der Waals surface area contributed by atoms with Crippen LogP contribution >= 0.6 is 27.5 Å². The zero-order chi connectivity index (χ0) is 14.6. The standard InChI is InChI=1S/C15H14BrClO2S/c16-11-15(17,13-7-3-1-4-8-13)12-20(18,19)14-9-5-2-6-10-14/h1-10H,11-12H2. The minimum absolute atomic E-state index is 0.152. The van der Waals surface area contributed by atoms with Gasteiger partial charge in [-0.3, -0.25) is 0 Å². The van der Waals surface area contributed by atoms with Crippen molar-refractivity contribution in [3.8, 4) is 0 Å². The summed E-state index contributed by atoms with van der Waals surface area (Å²) in [6.45, 7) is 0. The van der Waals surface area contributed by atoms with Gasteiger partial charge in [0, 0.05) is 5.33 Å². The van der Waals surface area contributed by atoms with E-state index in [1.807, 2.05) is 30.3 Å². The van der Waals surface area contributed by atoms with Crippen molar-refractivity contribution in [2.45, 2.75) is 9.77 Å². The number of halogens is 2. The Hall–Kier alpha value is -0.840. The summed E-state index contributed by atoms with van der Waals surface area (Å²) in [5.74, 6) is -0.152. The van der Waals surface area contributed by atoms with Crippen LogP contribution in [0.2, 0.25) is 0 Å². The first-order valence-corrected chi connectivity index (χ1v) is 9.21. The van der Waals surface area contributed by atoms with Crippen molar-refractivity contribution >= 4 is 37.4 Å². The predicted octanol–water partition coefficient (Wildman–Crippen LogP) is 3.99. The molecule has 0 radical (unpaired) electrons. The van der Waals surface area contributed by atoms with Gasteiger partial charge in [0.2, 0.25) is 0 Å². The van der Waals surface area contributed by atoms with Gasteiger partial charge < -0.3 is 0 Å². The fourth-order valence-corrected chi connectivity index (χ4v) is 4.90. The molecule has 0 heterocycles. The van der Waals surface area contributed by atoms with E-state index in [2.05, 4.69) is 15.9 Å². The van der Waals surface area contributed by atoms with Crippen molar-refractivity contribution in [3.63, 3.8) is 0 Å². The first kappa shape index (κ1) is 15.5. The molecule has 2 rings (SSSR count). The Morgan fingerprint density at radius 1 is 0.950 bits per heavy atom. The van der Waals surface area contributed by atoms with E-state index in [-0.39, 0.29) is 5.75 Å². The molecule has 0 aliphatic rings. The summed E-state index contributed by atoms with van der Waals surface area (Å²) in [4.78, 5) is -0.683. The molecule has 0 N–H and O–H groups in total. The van der Waals surface area contributed by atoms with Crippen molar-refractivity contribution in [1.29, 1.82) is 0 Å². The van der Waals surface area contributed by atoms with E-state index in [1.54, 1.807) is 30.3 Å². The lowest BCUT2D eigenvalue weighted by atomic mass is 10.0. The summed E-state index contributed by atoms with van der Waals surface area (Å²) < 4.78 is 24.9. The topological polar surface area (TPSA) is 34.1 Å². The normalized spacial score (nSPS) is 14.7. The first-order chi connectivity index (χ1) is 9.48. The summed E-state index contributed by atoms with van der Waals surface area (Å²) in [6, 6.07) is 17.6. The number of sulfone groups is 1. The van der Waals surface area contributed by atoms with Crippen LogP contribution in [0.25, 0.3) is 0 Å². The number of alkyl halides is 2. The molecule has 0 fully saturated rings. The summed E-state index contributed by atoms with van der Waals surface area (Å²) in [6.07, 6.45) is 0. The van der Waals surface area contributed by atoms with Crippen LogP contribution in [0.15, 0.2) is 65.6 Å². The SMILES string of the molecule is O=S(=O)(CC(Cl)(CBr)c1ccccc1)c1ccccc1. The highest BCUT2D eigenvalue weighted by atomic mass is 79.9. The van der Waals surface area contributed by atoms with Crippen LogP contribution in [-0.4, -0.2) is 19.5 Å². The molecule has 0 aliphatic carbocycles. The van der Waals surface area contributed by atoms with Gasteiger partial charge in [0.15, 0.2) is 9.84 Å². The molecular formula is C15H14BrClO2S.